The Morgan fingerprint density at radius 1 is 1.31 bits per heavy atom. The van der Waals surface area contributed by atoms with Gasteiger partial charge in [-0.2, -0.15) is 0 Å². The van der Waals surface area contributed by atoms with E-state index in [1.54, 1.807) is 29.3 Å². The van der Waals surface area contributed by atoms with Gasteiger partial charge in [0.15, 0.2) is 0 Å². The zero-order valence-corrected chi connectivity index (χ0v) is 17.1. The average Bonchev–Trinajstić information content (AvgIpc) is 3.48. The highest BCUT2D eigenvalue weighted by Gasteiger charge is 2.26. The van der Waals surface area contributed by atoms with Crippen molar-refractivity contribution in [3.8, 4) is 0 Å². The van der Waals surface area contributed by atoms with E-state index in [1.807, 2.05) is 22.8 Å². The van der Waals surface area contributed by atoms with Crippen molar-refractivity contribution in [2.75, 3.05) is 25.5 Å². The minimum Gasteiger partial charge on any atom is -0.330 e. The highest BCUT2D eigenvalue weighted by molar-refractivity contribution is 6.33. The smallest absolute Gasteiger partial charge is 0.273 e. The predicted molar refractivity (Wildman–Crippen MR) is 112 cm³/mol. The number of likely N-dealkylation sites (N-methyl/N-ethyl adjacent to an activating group) is 1. The first-order valence-corrected chi connectivity index (χ1v) is 10.2. The number of fused-ring (bicyclic) bond motifs is 1. The summed E-state index contributed by atoms with van der Waals surface area (Å²) in [5, 5.41) is 3.30. The molecule has 2 aliphatic rings. The largest absolute Gasteiger partial charge is 0.330 e. The molecular formula is C21H24ClN5O2. The molecule has 152 valence electrons. The van der Waals surface area contributed by atoms with Crippen molar-refractivity contribution in [3.05, 3.63) is 59.2 Å². The molecule has 29 heavy (non-hydrogen) atoms. The highest BCUT2D eigenvalue weighted by atomic mass is 35.5. The van der Waals surface area contributed by atoms with Crippen LogP contribution in [0.5, 0.6) is 0 Å². The Kier molecular flexibility index (Phi) is 5.69. The molecule has 0 radical (unpaired) electrons. The Bertz CT molecular complexity index is 950. The lowest BCUT2D eigenvalue weighted by molar-refractivity contribution is -0.127. The van der Waals surface area contributed by atoms with Crippen LogP contribution in [0.1, 0.15) is 29.2 Å². The molecule has 0 atom stereocenters. The van der Waals surface area contributed by atoms with Gasteiger partial charge in [-0.05, 0) is 32.0 Å². The number of aromatic nitrogens is 2. The highest BCUT2D eigenvalue weighted by Crippen LogP contribution is 2.25. The number of benzene rings is 1. The van der Waals surface area contributed by atoms with Gasteiger partial charge in [0, 0.05) is 31.8 Å². The molecule has 7 nitrogen and oxygen atoms in total. The second-order valence-corrected chi connectivity index (χ2v) is 7.89. The maximum atomic E-state index is 12.7. The summed E-state index contributed by atoms with van der Waals surface area (Å²) in [6.45, 7) is 2.24. The summed E-state index contributed by atoms with van der Waals surface area (Å²) in [7, 11) is 2.08. The molecule has 1 saturated carbocycles. The fourth-order valence-electron chi connectivity index (χ4n) is 3.47. The maximum Gasteiger partial charge on any atom is 0.273 e. The zero-order valence-electron chi connectivity index (χ0n) is 16.3. The van der Waals surface area contributed by atoms with Crippen molar-refractivity contribution in [3.63, 3.8) is 0 Å². The van der Waals surface area contributed by atoms with E-state index in [2.05, 4.69) is 22.2 Å². The van der Waals surface area contributed by atoms with Crippen LogP contribution in [0.4, 0.5) is 5.69 Å². The lowest BCUT2D eigenvalue weighted by Gasteiger charge is -2.27. The number of imidazole rings is 1. The van der Waals surface area contributed by atoms with Crippen LogP contribution in [0, 0.1) is 0 Å². The molecule has 1 fully saturated rings. The van der Waals surface area contributed by atoms with Gasteiger partial charge < -0.3 is 14.8 Å². The van der Waals surface area contributed by atoms with Crippen molar-refractivity contribution in [1.82, 2.24) is 19.4 Å². The van der Waals surface area contributed by atoms with E-state index >= 15 is 0 Å². The number of nitrogens with one attached hydrogen (secondary N) is 1. The van der Waals surface area contributed by atoms with E-state index in [0.29, 0.717) is 47.9 Å². The molecule has 0 bridgehead atoms. The number of nitrogens with zero attached hydrogens (tertiary/aromatic N) is 4. The molecule has 1 N–H and O–H groups in total. The van der Waals surface area contributed by atoms with Crippen LogP contribution >= 0.6 is 11.6 Å². The predicted octanol–water partition coefficient (Wildman–Crippen LogP) is 2.78. The maximum absolute atomic E-state index is 12.7. The van der Waals surface area contributed by atoms with E-state index < -0.39 is 0 Å². The van der Waals surface area contributed by atoms with E-state index in [1.165, 1.54) is 12.8 Å². The van der Waals surface area contributed by atoms with Gasteiger partial charge in [-0.1, -0.05) is 29.8 Å². The normalized spacial score (nSPS) is 16.3. The lowest BCUT2D eigenvalue weighted by atomic mass is 10.3. The van der Waals surface area contributed by atoms with Crippen LogP contribution in [-0.2, 0) is 17.9 Å². The molecule has 0 unspecified atom stereocenters. The third-order valence-electron chi connectivity index (χ3n) is 5.35. The van der Waals surface area contributed by atoms with Crippen LogP contribution in [0.3, 0.4) is 0 Å². The van der Waals surface area contributed by atoms with Crippen LogP contribution in [0.15, 0.2) is 42.6 Å². The standard InChI is InChI=1S/C21H24ClN5O2/c1-25(15-8-9-15)10-4-7-20(28)26-11-12-27-18(13-23-19(27)14-26)21(29)24-17-6-3-2-5-16(17)22/h2-7,13,15H,8-12,14H2,1H3,(H,24,29)/b7-4+. The number of carbonyl (C=O) groups is 2. The van der Waals surface area contributed by atoms with E-state index in [4.69, 9.17) is 11.6 Å². The number of rotatable bonds is 6. The first kappa shape index (κ1) is 19.7. The van der Waals surface area contributed by atoms with E-state index in [9.17, 15) is 9.59 Å². The van der Waals surface area contributed by atoms with Crippen LogP contribution in [0.2, 0.25) is 5.02 Å². The van der Waals surface area contributed by atoms with Gasteiger partial charge in [0.25, 0.3) is 5.91 Å². The molecular weight excluding hydrogens is 390 g/mol. The Labute approximate surface area is 175 Å². The number of anilines is 1. The van der Waals surface area contributed by atoms with Crippen LogP contribution in [0.25, 0.3) is 0 Å². The van der Waals surface area contributed by atoms with Crippen molar-refractivity contribution in [1.29, 1.82) is 0 Å². The van der Waals surface area contributed by atoms with Gasteiger partial charge >= 0.3 is 0 Å². The van der Waals surface area contributed by atoms with Crippen LogP contribution in [-0.4, -0.2) is 57.3 Å². The zero-order chi connectivity index (χ0) is 20.4. The second kappa shape index (κ2) is 8.39. The first-order chi connectivity index (χ1) is 14.0. The summed E-state index contributed by atoms with van der Waals surface area (Å²) in [5.74, 6) is 0.419. The van der Waals surface area contributed by atoms with Gasteiger partial charge in [0.05, 0.1) is 23.5 Å². The summed E-state index contributed by atoms with van der Waals surface area (Å²) in [4.78, 5) is 33.5. The van der Waals surface area contributed by atoms with Gasteiger partial charge in [0.1, 0.15) is 11.5 Å². The fourth-order valence-corrected chi connectivity index (χ4v) is 3.65. The average molecular weight is 414 g/mol. The van der Waals surface area contributed by atoms with Crippen molar-refractivity contribution in [2.45, 2.75) is 32.0 Å². The molecule has 1 aromatic carbocycles. The number of carbonyl (C=O) groups excluding carboxylic acids is 2. The molecule has 8 heteroatoms. The lowest BCUT2D eigenvalue weighted by Crippen LogP contribution is -2.38. The van der Waals surface area contributed by atoms with E-state index in [0.717, 1.165) is 6.54 Å². The Morgan fingerprint density at radius 3 is 2.86 bits per heavy atom. The monoisotopic (exact) mass is 413 g/mol. The number of para-hydroxylation sites is 1. The van der Waals surface area contributed by atoms with Gasteiger partial charge in [-0.15, -0.1) is 0 Å². The first-order valence-electron chi connectivity index (χ1n) is 9.79. The number of amides is 2. The molecule has 1 aliphatic carbocycles. The van der Waals surface area contributed by atoms with Gasteiger partial charge in [-0.3, -0.25) is 14.5 Å². The summed E-state index contributed by atoms with van der Waals surface area (Å²) in [5.41, 5.74) is 1.03. The molecule has 0 saturated heterocycles. The summed E-state index contributed by atoms with van der Waals surface area (Å²) >= 11 is 6.12. The third kappa shape index (κ3) is 4.52. The van der Waals surface area contributed by atoms with Crippen molar-refractivity contribution < 1.29 is 9.59 Å². The van der Waals surface area contributed by atoms with E-state index in [-0.39, 0.29) is 11.8 Å². The van der Waals surface area contributed by atoms with Gasteiger partial charge in [0.2, 0.25) is 5.91 Å². The second-order valence-electron chi connectivity index (χ2n) is 7.48. The van der Waals surface area contributed by atoms with Gasteiger partial charge in [-0.25, -0.2) is 4.98 Å². The summed E-state index contributed by atoms with van der Waals surface area (Å²) in [6, 6.07) is 7.77. The number of hydrogen-bond donors (Lipinski definition) is 1. The fraction of sp³-hybridized carbons (Fsp3) is 0.381. The molecule has 0 spiro atoms. The topological polar surface area (TPSA) is 70.5 Å². The Hall–Kier alpha value is -2.64. The third-order valence-corrected chi connectivity index (χ3v) is 5.68. The minimum absolute atomic E-state index is 0.0227. The minimum atomic E-state index is -0.264. The van der Waals surface area contributed by atoms with Crippen molar-refractivity contribution in [2.24, 2.45) is 0 Å². The van der Waals surface area contributed by atoms with Crippen LogP contribution < -0.4 is 5.32 Å². The SMILES string of the molecule is CN(C/C=C/C(=O)N1CCn2c(C(=O)Nc3ccccc3Cl)cnc2C1)C1CC1. The molecule has 4 rings (SSSR count). The quantitative estimate of drug-likeness (QED) is 0.739. The molecule has 2 aromatic rings. The summed E-state index contributed by atoms with van der Waals surface area (Å²) in [6.07, 6.45) is 7.61. The Morgan fingerprint density at radius 2 is 2.10 bits per heavy atom. The number of halogens is 1. The summed E-state index contributed by atoms with van der Waals surface area (Å²) < 4.78 is 1.86. The molecule has 2 heterocycles. The molecule has 1 aromatic heterocycles. The van der Waals surface area contributed by atoms with Crippen molar-refractivity contribution >= 4 is 29.1 Å². The number of hydrogen-bond acceptors (Lipinski definition) is 4. The molecule has 2 amide bonds. The molecule has 1 aliphatic heterocycles. The Balaban J connectivity index is 1.37.